The minimum Gasteiger partial charge on any atom is -0.502 e. The zero-order valence-corrected chi connectivity index (χ0v) is 16.3. The molecule has 0 amide bonds. The van der Waals surface area contributed by atoms with Gasteiger partial charge in [0.05, 0.1) is 24.4 Å². The van der Waals surface area contributed by atoms with Gasteiger partial charge in [-0.15, -0.1) is 0 Å². The summed E-state index contributed by atoms with van der Waals surface area (Å²) in [5.41, 5.74) is 2.58. The van der Waals surface area contributed by atoms with Gasteiger partial charge in [-0.2, -0.15) is 20.1 Å². The van der Waals surface area contributed by atoms with E-state index in [1.165, 1.54) is 24.4 Å². The van der Waals surface area contributed by atoms with Gasteiger partial charge in [0.15, 0.2) is 0 Å². The van der Waals surface area contributed by atoms with E-state index in [0.717, 1.165) is 25.9 Å². The summed E-state index contributed by atoms with van der Waals surface area (Å²) in [6.07, 6.45) is 3.47. The first-order chi connectivity index (χ1) is 14.6. The lowest BCUT2D eigenvalue weighted by atomic mass is 10.2. The zero-order valence-electron chi connectivity index (χ0n) is 16.3. The van der Waals surface area contributed by atoms with E-state index in [1.54, 1.807) is 0 Å². The lowest BCUT2D eigenvalue weighted by molar-refractivity contribution is -0.385. The lowest BCUT2D eigenvalue weighted by Gasteiger charge is -2.27. The molecule has 2 fully saturated rings. The molecule has 0 aliphatic carbocycles. The Bertz CT molecular complexity index is 942. The van der Waals surface area contributed by atoms with Gasteiger partial charge >= 0.3 is 5.69 Å². The Morgan fingerprint density at radius 2 is 1.77 bits per heavy atom. The SMILES string of the molecule is O=[N+]([O-])c1cccc(/C=N\Nc2nc(N3CCCC3)nc(N3CCOCC3)n2)c1O. The number of aromatic hydroxyl groups is 1. The van der Waals surface area contributed by atoms with Crippen LogP contribution in [0.4, 0.5) is 23.5 Å². The van der Waals surface area contributed by atoms with Crippen LogP contribution in [0.1, 0.15) is 18.4 Å². The van der Waals surface area contributed by atoms with E-state index >= 15 is 0 Å². The summed E-state index contributed by atoms with van der Waals surface area (Å²) in [5, 5.41) is 25.0. The van der Waals surface area contributed by atoms with Crippen LogP contribution in [-0.2, 0) is 4.74 Å². The summed E-state index contributed by atoms with van der Waals surface area (Å²) >= 11 is 0. The summed E-state index contributed by atoms with van der Waals surface area (Å²) < 4.78 is 5.40. The summed E-state index contributed by atoms with van der Waals surface area (Å²) in [4.78, 5) is 28.0. The Balaban J connectivity index is 1.57. The van der Waals surface area contributed by atoms with E-state index < -0.39 is 10.7 Å². The number of aromatic nitrogens is 3. The van der Waals surface area contributed by atoms with Crippen LogP contribution in [-0.4, -0.2) is 70.6 Å². The molecule has 12 nitrogen and oxygen atoms in total. The van der Waals surface area contributed by atoms with E-state index in [1.807, 2.05) is 4.90 Å². The smallest absolute Gasteiger partial charge is 0.311 e. The second-order valence-corrected chi connectivity index (χ2v) is 6.89. The average Bonchev–Trinajstić information content (AvgIpc) is 3.30. The number of nitrogens with zero attached hydrogens (tertiary/aromatic N) is 7. The molecule has 1 aromatic heterocycles. The number of nitrogens with one attached hydrogen (secondary N) is 1. The van der Waals surface area contributed by atoms with Gasteiger partial charge in [-0.1, -0.05) is 6.07 Å². The molecule has 0 radical (unpaired) electrons. The van der Waals surface area contributed by atoms with Crippen molar-refractivity contribution in [3.8, 4) is 5.75 Å². The molecular weight excluding hydrogens is 392 g/mol. The summed E-state index contributed by atoms with van der Waals surface area (Å²) in [7, 11) is 0. The van der Waals surface area contributed by atoms with E-state index in [2.05, 4.69) is 30.4 Å². The van der Waals surface area contributed by atoms with Crippen LogP contribution in [0.2, 0.25) is 0 Å². The molecule has 0 bridgehead atoms. The monoisotopic (exact) mass is 414 g/mol. The Kier molecular flexibility index (Phi) is 5.84. The highest BCUT2D eigenvalue weighted by Crippen LogP contribution is 2.28. The van der Waals surface area contributed by atoms with Gasteiger partial charge in [0, 0.05) is 37.8 Å². The molecule has 12 heteroatoms. The van der Waals surface area contributed by atoms with Gasteiger partial charge in [-0.25, -0.2) is 5.43 Å². The molecule has 3 heterocycles. The highest BCUT2D eigenvalue weighted by atomic mass is 16.6. The number of ether oxygens (including phenoxy) is 1. The number of morpholine rings is 1. The number of phenolic OH excluding ortho intramolecular Hbond substituents is 1. The molecule has 2 N–H and O–H groups in total. The number of nitro benzene ring substituents is 1. The van der Waals surface area contributed by atoms with Crippen molar-refractivity contribution in [1.82, 2.24) is 15.0 Å². The van der Waals surface area contributed by atoms with Gasteiger partial charge < -0.3 is 19.6 Å². The molecule has 0 unspecified atom stereocenters. The highest BCUT2D eigenvalue weighted by Gasteiger charge is 2.21. The predicted octanol–water partition coefficient (Wildman–Crippen LogP) is 1.37. The van der Waals surface area contributed by atoms with Crippen LogP contribution in [0.25, 0.3) is 0 Å². The Morgan fingerprint density at radius 1 is 1.10 bits per heavy atom. The molecule has 2 aliphatic heterocycles. The maximum Gasteiger partial charge on any atom is 0.311 e. The molecule has 30 heavy (non-hydrogen) atoms. The summed E-state index contributed by atoms with van der Waals surface area (Å²) in [6, 6.07) is 4.23. The fourth-order valence-corrected chi connectivity index (χ4v) is 3.33. The van der Waals surface area contributed by atoms with Gasteiger partial charge in [0.25, 0.3) is 0 Å². The fourth-order valence-electron chi connectivity index (χ4n) is 3.33. The number of para-hydroxylation sites is 1. The second kappa shape index (κ2) is 8.86. The third-order valence-electron chi connectivity index (χ3n) is 4.91. The first-order valence-corrected chi connectivity index (χ1v) is 9.71. The van der Waals surface area contributed by atoms with Gasteiger partial charge in [0.2, 0.25) is 23.6 Å². The number of hydrazone groups is 1. The van der Waals surface area contributed by atoms with Gasteiger partial charge in [-0.3, -0.25) is 10.1 Å². The van der Waals surface area contributed by atoms with Crippen molar-refractivity contribution < 1.29 is 14.8 Å². The molecule has 2 aliphatic rings. The topological polar surface area (TPSA) is 142 Å². The van der Waals surface area contributed by atoms with E-state index in [-0.39, 0.29) is 17.2 Å². The maximum atomic E-state index is 11.0. The average molecular weight is 414 g/mol. The van der Waals surface area contributed by atoms with Crippen molar-refractivity contribution in [2.45, 2.75) is 12.8 Å². The Labute approximate surface area is 172 Å². The van der Waals surface area contributed by atoms with Crippen LogP contribution in [0.3, 0.4) is 0 Å². The van der Waals surface area contributed by atoms with Gasteiger partial charge in [-0.05, 0) is 18.9 Å². The Morgan fingerprint density at radius 3 is 2.43 bits per heavy atom. The zero-order chi connectivity index (χ0) is 20.9. The fraction of sp³-hybridized carbons (Fsp3) is 0.444. The maximum absolute atomic E-state index is 11.0. The molecule has 2 aromatic rings. The molecule has 2 saturated heterocycles. The standard InChI is InChI=1S/C18H22N8O4/c27-15-13(4-3-5-14(15)26(28)29)12-19-23-16-20-17(24-6-1-2-7-24)22-18(21-16)25-8-10-30-11-9-25/h3-5,12,27H,1-2,6-11H2,(H,20,21,22,23)/b19-12-. The quantitative estimate of drug-likeness (QED) is 0.404. The highest BCUT2D eigenvalue weighted by molar-refractivity contribution is 5.85. The van der Waals surface area contributed by atoms with Crippen LogP contribution in [0.15, 0.2) is 23.3 Å². The molecule has 0 saturated carbocycles. The normalized spacial score (nSPS) is 16.9. The third kappa shape index (κ3) is 4.38. The third-order valence-corrected chi connectivity index (χ3v) is 4.91. The number of nitro groups is 1. The van der Waals surface area contributed by atoms with Crippen molar-refractivity contribution in [3.05, 3.63) is 33.9 Å². The number of rotatable bonds is 6. The molecular formula is C18H22N8O4. The minimum atomic E-state index is -0.650. The van der Waals surface area contributed by atoms with Crippen molar-refractivity contribution in [1.29, 1.82) is 0 Å². The predicted molar refractivity (Wildman–Crippen MR) is 110 cm³/mol. The lowest BCUT2D eigenvalue weighted by Crippen LogP contribution is -2.38. The van der Waals surface area contributed by atoms with Crippen LogP contribution in [0, 0.1) is 10.1 Å². The number of hydrogen-bond acceptors (Lipinski definition) is 11. The van der Waals surface area contributed by atoms with Crippen molar-refractivity contribution in [3.63, 3.8) is 0 Å². The first-order valence-electron chi connectivity index (χ1n) is 9.71. The molecule has 4 rings (SSSR count). The first kappa shape index (κ1) is 19.8. The molecule has 158 valence electrons. The van der Waals surface area contributed by atoms with Crippen LogP contribution < -0.4 is 15.2 Å². The second-order valence-electron chi connectivity index (χ2n) is 6.89. The minimum absolute atomic E-state index is 0.207. The van der Waals surface area contributed by atoms with Crippen molar-refractivity contribution in [2.75, 3.05) is 54.6 Å². The summed E-state index contributed by atoms with van der Waals surface area (Å²) in [5.74, 6) is 0.941. The number of anilines is 3. The summed E-state index contributed by atoms with van der Waals surface area (Å²) in [6.45, 7) is 4.37. The van der Waals surface area contributed by atoms with Crippen LogP contribution >= 0.6 is 0 Å². The van der Waals surface area contributed by atoms with Crippen molar-refractivity contribution >= 4 is 29.7 Å². The van der Waals surface area contributed by atoms with Crippen LogP contribution in [0.5, 0.6) is 5.75 Å². The number of phenols is 1. The number of hydrogen-bond donors (Lipinski definition) is 2. The molecule has 0 atom stereocenters. The van der Waals surface area contributed by atoms with E-state index in [9.17, 15) is 15.2 Å². The van der Waals surface area contributed by atoms with E-state index in [0.29, 0.717) is 38.2 Å². The number of benzene rings is 1. The largest absolute Gasteiger partial charge is 0.502 e. The van der Waals surface area contributed by atoms with Crippen molar-refractivity contribution in [2.24, 2.45) is 5.10 Å². The van der Waals surface area contributed by atoms with Gasteiger partial charge in [0.1, 0.15) is 0 Å². The van der Waals surface area contributed by atoms with E-state index in [4.69, 9.17) is 4.74 Å². The molecule has 1 aromatic carbocycles. The molecule has 0 spiro atoms. The Hall–Kier alpha value is -3.54.